The standard InChI is InChI=1S/C16H22N2O4S.C6H11NO2/c1-11(2)21-15(19)14-12(3)13(10-23-14)22-16(20)18-9-7-5-4-6-8-17;8-6(9)5-2-1-3-7-4-5/h10-11H,4-7,9H2,1-3H3,(H,18,20);5,7H,1-4H2,(H,8,9). The summed E-state index contributed by atoms with van der Waals surface area (Å²) in [4.78, 5) is 34.4. The molecule has 0 spiro atoms. The number of carboxylic acids is 1. The largest absolute Gasteiger partial charge is 0.481 e. The van der Waals surface area contributed by atoms with Crippen molar-refractivity contribution in [2.45, 2.75) is 65.4 Å². The van der Waals surface area contributed by atoms with Gasteiger partial charge in [-0.3, -0.25) is 4.79 Å². The Morgan fingerprint density at radius 1 is 1.34 bits per heavy atom. The number of hydrogen-bond donors (Lipinski definition) is 3. The van der Waals surface area contributed by atoms with Gasteiger partial charge in [-0.05, 0) is 53.0 Å². The fourth-order valence-corrected chi connectivity index (χ4v) is 3.74. The second-order valence-electron chi connectivity index (χ2n) is 7.67. The van der Waals surface area contributed by atoms with Gasteiger partial charge in [0, 0.05) is 30.5 Å². The van der Waals surface area contributed by atoms with Crippen LogP contribution in [0.25, 0.3) is 0 Å². The highest BCUT2D eigenvalue weighted by atomic mass is 32.1. The van der Waals surface area contributed by atoms with E-state index in [0.717, 1.165) is 38.6 Å². The summed E-state index contributed by atoms with van der Waals surface area (Å²) < 4.78 is 10.3. The average Bonchev–Trinajstić information content (AvgIpc) is 3.11. The molecule has 1 aromatic heterocycles. The predicted octanol–water partition coefficient (Wildman–Crippen LogP) is 3.86. The lowest BCUT2D eigenvalue weighted by Crippen LogP contribution is -2.34. The first-order chi connectivity index (χ1) is 15.3. The van der Waals surface area contributed by atoms with E-state index in [4.69, 9.17) is 19.8 Å². The number of rotatable bonds is 9. The van der Waals surface area contributed by atoms with Crippen molar-refractivity contribution >= 4 is 29.4 Å². The van der Waals surface area contributed by atoms with E-state index in [9.17, 15) is 14.4 Å². The van der Waals surface area contributed by atoms with E-state index in [0.29, 0.717) is 35.7 Å². The minimum atomic E-state index is -0.665. The number of hydrogen-bond acceptors (Lipinski definition) is 8. The van der Waals surface area contributed by atoms with Crippen LogP contribution in [0.3, 0.4) is 0 Å². The number of ether oxygens (including phenoxy) is 2. The van der Waals surface area contributed by atoms with Crippen molar-refractivity contribution in [1.29, 1.82) is 5.26 Å². The van der Waals surface area contributed by atoms with Crippen LogP contribution in [-0.2, 0) is 9.53 Å². The third kappa shape index (κ3) is 10.6. The Hall–Kier alpha value is -2.64. The third-order valence-corrected chi connectivity index (χ3v) is 5.65. The highest BCUT2D eigenvalue weighted by Gasteiger charge is 2.20. The zero-order chi connectivity index (χ0) is 23.9. The van der Waals surface area contributed by atoms with Gasteiger partial charge in [-0.25, -0.2) is 9.59 Å². The number of thiophene rings is 1. The summed E-state index contributed by atoms with van der Waals surface area (Å²) in [6, 6.07) is 2.08. The second-order valence-corrected chi connectivity index (χ2v) is 8.55. The number of nitrogens with one attached hydrogen (secondary N) is 2. The van der Waals surface area contributed by atoms with Crippen LogP contribution in [0.5, 0.6) is 5.75 Å². The molecule has 0 aliphatic carbocycles. The van der Waals surface area contributed by atoms with Crippen LogP contribution in [0.4, 0.5) is 4.79 Å². The molecule has 3 N–H and O–H groups in total. The molecule has 0 saturated carbocycles. The lowest BCUT2D eigenvalue weighted by Gasteiger charge is -2.18. The molecule has 0 bridgehead atoms. The first-order valence-electron chi connectivity index (χ1n) is 10.8. The summed E-state index contributed by atoms with van der Waals surface area (Å²) in [5.74, 6) is -0.844. The Bertz CT molecular complexity index is 781. The van der Waals surface area contributed by atoms with E-state index in [-0.39, 0.29) is 12.0 Å². The smallest absolute Gasteiger partial charge is 0.412 e. The van der Waals surface area contributed by atoms with Gasteiger partial charge in [0.15, 0.2) is 0 Å². The molecule has 1 aromatic rings. The predicted molar refractivity (Wildman–Crippen MR) is 121 cm³/mol. The van der Waals surface area contributed by atoms with E-state index in [1.807, 2.05) is 0 Å². The van der Waals surface area contributed by atoms with E-state index in [1.54, 1.807) is 26.2 Å². The number of unbranched alkanes of at least 4 members (excludes halogenated alkanes) is 3. The van der Waals surface area contributed by atoms with E-state index >= 15 is 0 Å². The monoisotopic (exact) mass is 467 g/mol. The van der Waals surface area contributed by atoms with E-state index < -0.39 is 18.0 Å². The third-order valence-electron chi connectivity index (χ3n) is 4.61. The molecule has 0 radical (unpaired) electrons. The van der Waals surface area contributed by atoms with Gasteiger partial charge in [-0.2, -0.15) is 5.26 Å². The number of aliphatic carboxylic acids is 1. The van der Waals surface area contributed by atoms with Crippen molar-refractivity contribution in [3.63, 3.8) is 0 Å². The molecule has 1 amide bonds. The van der Waals surface area contributed by atoms with Crippen LogP contribution in [0.1, 0.15) is 67.6 Å². The van der Waals surface area contributed by atoms with Crippen molar-refractivity contribution in [2.24, 2.45) is 5.92 Å². The second kappa shape index (κ2) is 15.2. The normalized spacial score (nSPS) is 15.2. The van der Waals surface area contributed by atoms with Crippen LogP contribution in [-0.4, -0.2) is 48.9 Å². The van der Waals surface area contributed by atoms with Gasteiger partial charge < -0.3 is 25.2 Å². The highest BCUT2D eigenvalue weighted by Crippen LogP contribution is 2.29. The van der Waals surface area contributed by atoms with Crippen LogP contribution in [0.15, 0.2) is 5.38 Å². The number of amides is 1. The van der Waals surface area contributed by atoms with Crippen molar-refractivity contribution in [3.8, 4) is 11.8 Å². The van der Waals surface area contributed by atoms with Gasteiger partial charge in [-0.1, -0.05) is 6.42 Å². The molecule has 178 valence electrons. The Kier molecular flexibility index (Phi) is 13.0. The van der Waals surface area contributed by atoms with Crippen LogP contribution < -0.4 is 15.4 Å². The lowest BCUT2D eigenvalue weighted by molar-refractivity contribution is -0.142. The SMILES string of the molecule is Cc1c(OC(=O)NCCCCCC#N)csc1C(=O)OC(C)C.O=C(O)C1CCCNC1. The van der Waals surface area contributed by atoms with Crippen LogP contribution in [0, 0.1) is 24.2 Å². The molecule has 1 unspecified atom stereocenters. The summed E-state index contributed by atoms with van der Waals surface area (Å²) in [6.45, 7) is 7.40. The van der Waals surface area contributed by atoms with Gasteiger partial charge in [0.2, 0.25) is 0 Å². The number of piperidine rings is 1. The first-order valence-corrected chi connectivity index (χ1v) is 11.7. The lowest BCUT2D eigenvalue weighted by atomic mass is 10.0. The van der Waals surface area contributed by atoms with E-state index in [2.05, 4.69) is 16.7 Å². The maximum Gasteiger partial charge on any atom is 0.412 e. The maximum absolute atomic E-state index is 11.9. The number of esters is 1. The number of nitriles is 1. The molecular weight excluding hydrogens is 434 g/mol. The minimum absolute atomic E-state index is 0.140. The fraction of sp³-hybridized carbons (Fsp3) is 0.636. The van der Waals surface area contributed by atoms with Crippen LogP contribution in [0.2, 0.25) is 0 Å². The average molecular weight is 468 g/mol. The fourth-order valence-electron chi connectivity index (χ4n) is 2.87. The zero-order valence-corrected chi connectivity index (χ0v) is 19.8. The number of carbonyl (C=O) groups excluding carboxylic acids is 2. The molecule has 2 rings (SSSR count). The molecule has 1 fully saturated rings. The Balaban J connectivity index is 0.000000471. The Morgan fingerprint density at radius 3 is 2.66 bits per heavy atom. The Labute approximate surface area is 193 Å². The van der Waals surface area contributed by atoms with Crippen molar-refractivity contribution in [1.82, 2.24) is 10.6 Å². The summed E-state index contributed by atoms with van der Waals surface area (Å²) in [6.07, 6.45) is 4.14. The highest BCUT2D eigenvalue weighted by molar-refractivity contribution is 7.12. The molecule has 32 heavy (non-hydrogen) atoms. The first kappa shape index (κ1) is 27.4. The molecule has 1 aliphatic heterocycles. The molecule has 10 heteroatoms. The Morgan fingerprint density at radius 2 is 2.09 bits per heavy atom. The minimum Gasteiger partial charge on any atom is -0.481 e. The summed E-state index contributed by atoms with van der Waals surface area (Å²) in [5.41, 5.74) is 0.602. The summed E-state index contributed by atoms with van der Waals surface area (Å²) in [7, 11) is 0. The molecular formula is C22H33N3O6S. The number of nitrogens with zero attached hydrogens (tertiary/aromatic N) is 1. The van der Waals surface area contributed by atoms with Crippen molar-refractivity contribution in [2.75, 3.05) is 19.6 Å². The van der Waals surface area contributed by atoms with Gasteiger partial charge in [0.05, 0.1) is 18.1 Å². The van der Waals surface area contributed by atoms with Gasteiger partial charge in [0.25, 0.3) is 0 Å². The molecule has 2 heterocycles. The molecule has 9 nitrogen and oxygen atoms in total. The molecule has 1 saturated heterocycles. The summed E-state index contributed by atoms with van der Waals surface area (Å²) >= 11 is 1.20. The quantitative estimate of drug-likeness (QED) is 0.368. The van der Waals surface area contributed by atoms with Gasteiger partial charge >= 0.3 is 18.0 Å². The zero-order valence-electron chi connectivity index (χ0n) is 18.9. The van der Waals surface area contributed by atoms with Gasteiger partial charge in [0.1, 0.15) is 10.6 Å². The topological polar surface area (TPSA) is 138 Å². The maximum atomic E-state index is 11.9. The van der Waals surface area contributed by atoms with Crippen molar-refractivity contribution in [3.05, 3.63) is 15.8 Å². The molecule has 1 aliphatic rings. The summed E-state index contributed by atoms with van der Waals surface area (Å²) in [5, 5.41) is 24.2. The van der Waals surface area contributed by atoms with Crippen LogP contribution >= 0.6 is 11.3 Å². The number of carbonyl (C=O) groups is 3. The van der Waals surface area contributed by atoms with Gasteiger partial charge in [-0.15, -0.1) is 11.3 Å². The molecule has 0 aromatic carbocycles. The number of carboxylic acid groups (broad SMARTS) is 1. The molecule has 1 atom stereocenters. The van der Waals surface area contributed by atoms with E-state index in [1.165, 1.54) is 11.3 Å². The van der Waals surface area contributed by atoms with Crippen molar-refractivity contribution < 1.29 is 29.0 Å².